The molecular formula is C17H25N. The minimum Gasteiger partial charge on any atom is -0.301 e. The van der Waals surface area contributed by atoms with Crippen molar-refractivity contribution < 1.29 is 0 Å². The Balaban J connectivity index is 1.76. The molecule has 0 amide bonds. The van der Waals surface area contributed by atoms with Gasteiger partial charge in [-0.05, 0) is 81.6 Å². The monoisotopic (exact) mass is 243 g/mol. The van der Waals surface area contributed by atoms with E-state index >= 15 is 0 Å². The van der Waals surface area contributed by atoms with Crippen molar-refractivity contribution in [3.05, 3.63) is 34.9 Å². The number of rotatable bonds is 1. The molecule has 0 aromatic heterocycles. The van der Waals surface area contributed by atoms with Gasteiger partial charge in [-0.2, -0.15) is 0 Å². The highest BCUT2D eigenvalue weighted by atomic mass is 15.2. The third kappa shape index (κ3) is 1.99. The number of hydrogen-bond donors (Lipinski definition) is 0. The summed E-state index contributed by atoms with van der Waals surface area (Å²) in [5, 5.41) is 0. The highest BCUT2D eigenvalue weighted by Gasteiger charge is 2.40. The number of hydrogen-bond acceptors (Lipinski definition) is 1. The van der Waals surface area contributed by atoms with Crippen LogP contribution < -0.4 is 0 Å². The number of nitrogens with zero attached hydrogens (tertiary/aromatic N) is 1. The van der Waals surface area contributed by atoms with Gasteiger partial charge < -0.3 is 4.90 Å². The third-order valence-corrected chi connectivity index (χ3v) is 5.21. The lowest BCUT2D eigenvalue weighted by molar-refractivity contribution is 0.0894. The number of aryl methyl sites for hydroxylation is 1. The zero-order valence-corrected chi connectivity index (χ0v) is 12.0. The van der Waals surface area contributed by atoms with E-state index in [0.29, 0.717) is 11.5 Å². The fourth-order valence-electron chi connectivity index (χ4n) is 3.89. The molecule has 1 aromatic rings. The molecule has 1 spiro atoms. The van der Waals surface area contributed by atoms with Crippen LogP contribution in [0, 0.1) is 12.3 Å². The Morgan fingerprint density at radius 3 is 2.44 bits per heavy atom. The van der Waals surface area contributed by atoms with Crippen LogP contribution >= 0.6 is 0 Å². The molecule has 1 aliphatic carbocycles. The maximum atomic E-state index is 2.64. The van der Waals surface area contributed by atoms with E-state index in [1.807, 2.05) is 0 Å². The van der Waals surface area contributed by atoms with Gasteiger partial charge in [0.15, 0.2) is 0 Å². The lowest BCUT2D eigenvalue weighted by Crippen LogP contribution is -2.43. The van der Waals surface area contributed by atoms with Gasteiger partial charge in [-0.15, -0.1) is 0 Å². The molecule has 0 saturated carbocycles. The van der Waals surface area contributed by atoms with Crippen LogP contribution in [0.15, 0.2) is 18.2 Å². The zero-order valence-electron chi connectivity index (χ0n) is 12.0. The number of benzene rings is 1. The van der Waals surface area contributed by atoms with Crippen LogP contribution in [0.2, 0.25) is 0 Å². The molecule has 0 unspecified atom stereocenters. The number of likely N-dealkylation sites (tertiary alicyclic amines) is 1. The van der Waals surface area contributed by atoms with Crippen molar-refractivity contribution in [2.45, 2.75) is 52.5 Å². The highest BCUT2D eigenvalue weighted by molar-refractivity contribution is 5.40. The molecule has 0 atom stereocenters. The second kappa shape index (κ2) is 4.38. The molecule has 1 aliphatic heterocycles. The van der Waals surface area contributed by atoms with Crippen LogP contribution in [0.3, 0.4) is 0 Å². The lowest BCUT2D eigenvalue weighted by Gasteiger charge is -2.41. The predicted molar refractivity (Wildman–Crippen MR) is 77.0 cm³/mol. The molecule has 1 nitrogen and oxygen atoms in total. The van der Waals surface area contributed by atoms with Crippen molar-refractivity contribution in [1.82, 2.24) is 4.90 Å². The van der Waals surface area contributed by atoms with Crippen molar-refractivity contribution in [2.75, 3.05) is 13.1 Å². The van der Waals surface area contributed by atoms with Gasteiger partial charge in [-0.25, -0.2) is 0 Å². The van der Waals surface area contributed by atoms with Crippen LogP contribution in [0.1, 0.15) is 43.4 Å². The van der Waals surface area contributed by atoms with Crippen molar-refractivity contribution in [3.8, 4) is 0 Å². The summed E-state index contributed by atoms with van der Waals surface area (Å²) in [7, 11) is 0. The predicted octanol–water partition coefficient (Wildman–Crippen LogP) is 3.58. The molecule has 1 heterocycles. The number of piperidine rings is 1. The summed E-state index contributed by atoms with van der Waals surface area (Å²) >= 11 is 0. The Labute approximate surface area is 111 Å². The van der Waals surface area contributed by atoms with Gasteiger partial charge in [-0.1, -0.05) is 18.2 Å². The summed E-state index contributed by atoms with van der Waals surface area (Å²) in [5.41, 5.74) is 5.40. The van der Waals surface area contributed by atoms with Gasteiger partial charge in [0.1, 0.15) is 0 Å². The summed E-state index contributed by atoms with van der Waals surface area (Å²) in [4.78, 5) is 2.64. The van der Waals surface area contributed by atoms with E-state index in [1.165, 1.54) is 44.3 Å². The fourth-order valence-corrected chi connectivity index (χ4v) is 3.89. The standard InChI is InChI=1S/C17H25N/c1-13(2)18-9-7-17(8-10-18)11-15-6-4-5-14(3)16(15)12-17/h4-6,13H,7-12H2,1-3H3. The second-order valence-electron chi connectivity index (χ2n) is 6.70. The SMILES string of the molecule is Cc1cccc2c1CC1(CCN(C(C)C)CC1)C2. The van der Waals surface area contributed by atoms with E-state index in [2.05, 4.69) is 43.9 Å². The van der Waals surface area contributed by atoms with Gasteiger partial charge >= 0.3 is 0 Å². The normalized spacial score (nSPS) is 22.7. The van der Waals surface area contributed by atoms with Crippen molar-refractivity contribution in [2.24, 2.45) is 5.41 Å². The molecule has 98 valence electrons. The van der Waals surface area contributed by atoms with Crippen molar-refractivity contribution in [1.29, 1.82) is 0 Å². The van der Waals surface area contributed by atoms with Crippen molar-refractivity contribution in [3.63, 3.8) is 0 Å². The van der Waals surface area contributed by atoms with Gasteiger partial charge in [-0.3, -0.25) is 0 Å². The van der Waals surface area contributed by atoms with Gasteiger partial charge in [0.05, 0.1) is 0 Å². The molecular weight excluding hydrogens is 218 g/mol. The first-order valence-corrected chi connectivity index (χ1v) is 7.41. The maximum Gasteiger partial charge on any atom is 0.00385 e. The Morgan fingerprint density at radius 1 is 1.11 bits per heavy atom. The molecule has 1 aromatic carbocycles. The highest BCUT2D eigenvalue weighted by Crippen LogP contribution is 2.45. The minimum atomic E-state index is 0.597. The Hall–Kier alpha value is -0.820. The molecule has 0 N–H and O–H groups in total. The summed E-state index contributed by atoms with van der Waals surface area (Å²) in [5.74, 6) is 0. The molecule has 18 heavy (non-hydrogen) atoms. The first-order chi connectivity index (χ1) is 8.60. The quantitative estimate of drug-likeness (QED) is 0.728. The average Bonchev–Trinajstić information content (AvgIpc) is 2.69. The summed E-state index contributed by atoms with van der Waals surface area (Å²) < 4.78 is 0. The van der Waals surface area contributed by atoms with E-state index in [0.717, 1.165) is 0 Å². The molecule has 0 radical (unpaired) electrons. The van der Waals surface area contributed by atoms with Crippen LogP contribution in [-0.4, -0.2) is 24.0 Å². The zero-order chi connectivity index (χ0) is 12.8. The van der Waals surface area contributed by atoms with Gasteiger partial charge in [0.2, 0.25) is 0 Å². The van der Waals surface area contributed by atoms with E-state index in [-0.39, 0.29) is 0 Å². The Bertz CT molecular complexity index is 439. The summed E-state index contributed by atoms with van der Waals surface area (Å²) in [6, 6.07) is 7.58. The first kappa shape index (κ1) is 12.2. The van der Waals surface area contributed by atoms with Gasteiger partial charge in [0, 0.05) is 6.04 Å². The minimum absolute atomic E-state index is 0.597. The second-order valence-corrected chi connectivity index (χ2v) is 6.70. The van der Waals surface area contributed by atoms with E-state index < -0.39 is 0 Å². The Kier molecular flexibility index (Phi) is 2.97. The van der Waals surface area contributed by atoms with Crippen LogP contribution in [-0.2, 0) is 12.8 Å². The maximum absolute atomic E-state index is 2.64. The molecule has 2 aliphatic rings. The summed E-state index contributed by atoms with van der Waals surface area (Å²) in [6.45, 7) is 9.52. The first-order valence-electron chi connectivity index (χ1n) is 7.41. The average molecular weight is 243 g/mol. The summed E-state index contributed by atoms with van der Waals surface area (Å²) in [6.07, 6.45) is 5.44. The van der Waals surface area contributed by atoms with E-state index in [1.54, 1.807) is 11.1 Å². The van der Waals surface area contributed by atoms with E-state index in [9.17, 15) is 0 Å². The third-order valence-electron chi connectivity index (χ3n) is 5.21. The van der Waals surface area contributed by atoms with Crippen LogP contribution in [0.4, 0.5) is 0 Å². The lowest BCUT2D eigenvalue weighted by atomic mass is 9.75. The number of fused-ring (bicyclic) bond motifs is 1. The topological polar surface area (TPSA) is 3.24 Å². The molecule has 1 saturated heterocycles. The van der Waals surface area contributed by atoms with E-state index in [4.69, 9.17) is 0 Å². The Morgan fingerprint density at radius 2 is 1.83 bits per heavy atom. The molecule has 0 bridgehead atoms. The molecule has 1 heteroatoms. The molecule has 3 rings (SSSR count). The molecule has 1 fully saturated rings. The van der Waals surface area contributed by atoms with Crippen LogP contribution in [0.25, 0.3) is 0 Å². The van der Waals surface area contributed by atoms with Crippen LogP contribution in [0.5, 0.6) is 0 Å². The van der Waals surface area contributed by atoms with Crippen molar-refractivity contribution >= 4 is 0 Å². The van der Waals surface area contributed by atoms with Gasteiger partial charge in [0.25, 0.3) is 0 Å². The smallest absolute Gasteiger partial charge is 0.00385 e. The largest absolute Gasteiger partial charge is 0.301 e. The fraction of sp³-hybridized carbons (Fsp3) is 0.647.